The van der Waals surface area contributed by atoms with Gasteiger partial charge < -0.3 is 4.57 Å². The molecule has 0 aliphatic carbocycles. The van der Waals surface area contributed by atoms with Gasteiger partial charge in [0.15, 0.2) is 0 Å². The first-order valence-corrected chi connectivity index (χ1v) is 8.35. The molecule has 0 N–H and O–H groups in total. The van der Waals surface area contributed by atoms with Gasteiger partial charge in [-0.2, -0.15) is 0 Å². The fourth-order valence-electron chi connectivity index (χ4n) is 2.31. The third-order valence-electron chi connectivity index (χ3n) is 3.25. The largest absolute Gasteiger partial charge is 0.318 e. The zero-order valence-corrected chi connectivity index (χ0v) is 11.2. The molecule has 0 spiro atoms. The third kappa shape index (κ3) is 3.17. The quantitative estimate of drug-likeness (QED) is 0.732. The second kappa shape index (κ2) is 5.62. The summed E-state index contributed by atoms with van der Waals surface area (Å²) in [5.41, 5.74) is 0. The standard InChI is InChI=1S/C14H17O3P/c15-12-6-4-5-7-13(16)11-18(17,10-12)14-8-2-1-3-9-14/h1-3,8-9H,4-7,10-11H2. The van der Waals surface area contributed by atoms with Crippen LogP contribution in [0.3, 0.4) is 0 Å². The molecule has 96 valence electrons. The molecule has 0 amide bonds. The summed E-state index contributed by atoms with van der Waals surface area (Å²) in [6.45, 7) is 0. The zero-order chi connectivity index (χ0) is 13.0. The molecule has 0 unspecified atom stereocenters. The highest BCUT2D eigenvalue weighted by Gasteiger charge is 2.31. The number of Topliss-reactive ketones (excluding diaryl/α,β-unsaturated/α-hetero) is 2. The SMILES string of the molecule is O=C1CCCCC(=O)CP(=O)(c2ccccc2)C1. The van der Waals surface area contributed by atoms with Crippen LogP contribution in [0.15, 0.2) is 30.3 Å². The average molecular weight is 264 g/mol. The van der Waals surface area contributed by atoms with Crippen LogP contribution in [0.4, 0.5) is 0 Å². The minimum atomic E-state index is -2.88. The lowest BCUT2D eigenvalue weighted by Gasteiger charge is -2.16. The molecule has 4 heteroatoms. The molecule has 0 bridgehead atoms. The summed E-state index contributed by atoms with van der Waals surface area (Å²) >= 11 is 0. The molecule has 0 atom stereocenters. The van der Waals surface area contributed by atoms with Crippen LogP contribution in [0, 0.1) is 0 Å². The van der Waals surface area contributed by atoms with Gasteiger partial charge in [0.1, 0.15) is 18.7 Å². The lowest BCUT2D eigenvalue weighted by Crippen LogP contribution is -2.19. The van der Waals surface area contributed by atoms with Gasteiger partial charge in [-0.3, -0.25) is 9.59 Å². The van der Waals surface area contributed by atoms with Crippen LogP contribution in [-0.4, -0.2) is 23.9 Å². The van der Waals surface area contributed by atoms with E-state index in [1.54, 1.807) is 24.3 Å². The molecule has 0 saturated carbocycles. The van der Waals surface area contributed by atoms with Gasteiger partial charge in [-0.05, 0) is 12.8 Å². The Morgan fingerprint density at radius 2 is 1.33 bits per heavy atom. The van der Waals surface area contributed by atoms with Gasteiger partial charge in [0, 0.05) is 18.1 Å². The van der Waals surface area contributed by atoms with Crippen molar-refractivity contribution in [2.24, 2.45) is 0 Å². The molecule has 0 aromatic heterocycles. The topological polar surface area (TPSA) is 51.2 Å². The van der Waals surface area contributed by atoms with Crippen LogP contribution in [0.2, 0.25) is 0 Å². The number of hydrogen-bond donors (Lipinski definition) is 0. The third-order valence-corrected chi connectivity index (χ3v) is 6.22. The Bertz CT molecular complexity index is 469. The van der Waals surface area contributed by atoms with Crippen LogP contribution in [-0.2, 0) is 14.2 Å². The van der Waals surface area contributed by atoms with Gasteiger partial charge in [0.05, 0.1) is 12.3 Å². The van der Waals surface area contributed by atoms with Gasteiger partial charge in [-0.15, -0.1) is 0 Å². The minimum Gasteiger partial charge on any atom is -0.318 e. The fourth-order valence-corrected chi connectivity index (χ4v) is 4.96. The lowest BCUT2D eigenvalue weighted by molar-refractivity contribution is -0.118. The van der Waals surface area contributed by atoms with Crippen molar-refractivity contribution < 1.29 is 14.2 Å². The normalized spacial score (nSPS) is 20.9. The Kier molecular flexibility index (Phi) is 4.13. The van der Waals surface area contributed by atoms with Crippen molar-refractivity contribution in [3.05, 3.63) is 30.3 Å². The van der Waals surface area contributed by atoms with Gasteiger partial charge in [0.2, 0.25) is 0 Å². The van der Waals surface area contributed by atoms with E-state index in [4.69, 9.17) is 0 Å². The van der Waals surface area contributed by atoms with E-state index in [0.29, 0.717) is 18.1 Å². The molecule has 18 heavy (non-hydrogen) atoms. The van der Waals surface area contributed by atoms with Crippen molar-refractivity contribution in [3.63, 3.8) is 0 Å². The molecule has 1 aliphatic rings. The Morgan fingerprint density at radius 1 is 0.833 bits per heavy atom. The van der Waals surface area contributed by atoms with E-state index in [0.717, 1.165) is 12.8 Å². The number of hydrogen-bond acceptors (Lipinski definition) is 3. The molecule has 2 rings (SSSR count). The molecule has 3 nitrogen and oxygen atoms in total. The second-order valence-electron chi connectivity index (χ2n) is 4.83. The van der Waals surface area contributed by atoms with Crippen LogP contribution in [0.1, 0.15) is 25.7 Å². The predicted molar refractivity (Wildman–Crippen MR) is 71.9 cm³/mol. The highest BCUT2D eigenvalue weighted by Crippen LogP contribution is 2.45. The van der Waals surface area contributed by atoms with E-state index >= 15 is 0 Å². The number of ketones is 2. The van der Waals surface area contributed by atoms with Crippen molar-refractivity contribution in [1.29, 1.82) is 0 Å². The van der Waals surface area contributed by atoms with Crippen LogP contribution < -0.4 is 5.30 Å². The number of rotatable bonds is 1. The molecular weight excluding hydrogens is 247 g/mol. The Balaban J connectivity index is 2.34. The van der Waals surface area contributed by atoms with E-state index in [2.05, 4.69) is 0 Å². The first-order chi connectivity index (χ1) is 8.60. The van der Waals surface area contributed by atoms with E-state index in [1.165, 1.54) is 0 Å². The summed E-state index contributed by atoms with van der Waals surface area (Å²) in [5, 5.41) is 0.661. The van der Waals surface area contributed by atoms with E-state index in [-0.39, 0.29) is 23.9 Å². The van der Waals surface area contributed by atoms with Crippen LogP contribution in [0.5, 0.6) is 0 Å². The minimum absolute atomic E-state index is 0.0249. The Morgan fingerprint density at radius 3 is 1.83 bits per heavy atom. The number of carbonyl (C=O) groups is 2. The van der Waals surface area contributed by atoms with Crippen molar-refractivity contribution >= 4 is 24.0 Å². The molecule has 1 aromatic rings. The van der Waals surface area contributed by atoms with Gasteiger partial charge in [-0.25, -0.2) is 0 Å². The van der Waals surface area contributed by atoms with E-state index < -0.39 is 7.14 Å². The van der Waals surface area contributed by atoms with Crippen molar-refractivity contribution in [2.75, 3.05) is 12.3 Å². The maximum absolute atomic E-state index is 12.9. The van der Waals surface area contributed by atoms with Gasteiger partial charge in [-0.1, -0.05) is 30.3 Å². The molecule has 0 radical (unpaired) electrons. The second-order valence-corrected chi connectivity index (χ2v) is 7.75. The highest BCUT2D eigenvalue weighted by molar-refractivity contribution is 7.73. The first kappa shape index (κ1) is 13.2. The smallest absolute Gasteiger partial charge is 0.140 e. The summed E-state index contributed by atoms with van der Waals surface area (Å²) in [6.07, 6.45) is 2.46. The summed E-state index contributed by atoms with van der Waals surface area (Å²) in [5.74, 6) is 0.0498. The summed E-state index contributed by atoms with van der Waals surface area (Å²) in [7, 11) is -2.88. The molecule has 1 heterocycles. The number of benzene rings is 1. The van der Waals surface area contributed by atoms with E-state index in [1.807, 2.05) is 6.07 Å². The molecular formula is C14H17O3P. The number of carbonyl (C=O) groups excluding carboxylic acids is 2. The molecule has 1 saturated heterocycles. The predicted octanol–water partition coefficient (Wildman–Crippen LogP) is 2.39. The zero-order valence-electron chi connectivity index (χ0n) is 10.3. The van der Waals surface area contributed by atoms with E-state index in [9.17, 15) is 14.2 Å². The summed E-state index contributed by atoms with van der Waals surface area (Å²) < 4.78 is 12.9. The van der Waals surface area contributed by atoms with Crippen LogP contribution >= 0.6 is 7.14 Å². The van der Waals surface area contributed by atoms with Crippen molar-refractivity contribution in [2.45, 2.75) is 25.7 Å². The van der Waals surface area contributed by atoms with Gasteiger partial charge in [0.25, 0.3) is 0 Å². The summed E-state index contributed by atoms with van der Waals surface area (Å²) in [6, 6.07) is 8.97. The Hall–Kier alpha value is -1.21. The lowest BCUT2D eigenvalue weighted by atomic mass is 10.1. The maximum Gasteiger partial charge on any atom is 0.140 e. The first-order valence-electron chi connectivity index (χ1n) is 6.27. The van der Waals surface area contributed by atoms with Crippen LogP contribution in [0.25, 0.3) is 0 Å². The van der Waals surface area contributed by atoms with Crippen molar-refractivity contribution in [1.82, 2.24) is 0 Å². The maximum atomic E-state index is 12.9. The highest BCUT2D eigenvalue weighted by atomic mass is 31.2. The van der Waals surface area contributed by atoms with Gasteiger partial charge >= 0.3 is 0 Å². The molecule has 1 fully saturated rings. The average Bonchev–Trinajstić information content (AvgIpc) is 2.41. The summed E-state index contributed by atoms with van der Waals surface area (Å²) in [4.78, 5) is 23.6. The van der Waals surface area contributed by atoms with Crippen molar-refractivity contribution in [3.8, 4) is 0 Å². The molecule has 1 aromatic carbocycles. The fraction of sp³-hybridized carbons (Fsp3) is 0.429. The molecule has 1 aliphatic heterocycles. The Labute approximate surface area is 107 Å². The monoisotopic (exact) mass is 264 g/mol.